The van der Waals surface area contributed by atoms with Crippen molar-refractivity contribution >= 4 is 6.21 Å². The molecule has 3 heteroatoms. The van der Waals surface area contributed by atoms with Crippen LogP contribution in [0, 0.1) is 11.8 Å². The van der Waals surface area contributed by atoms with E-state index in [9.17, 15) is 0 Å². The van der Waals surface area contributed by atoms with Crippen LogP contribution in [0.2, 0.25) is 0 Å². The zero-order valence-corrected chi connectivity index (χ0v) is 10.9. The van der Waals surface area contributed by atoms with E-state index in [4.69, 9.17) is 0 Å². The highest BCUT2D eigenvalue weighted by Gasteiger charge is 2.37. The first-order chi connectivity index (χ1) is 7.69. The van der Waals surface area contributed by atoms with E-state index in [1.165, 1.54) is 25.9 Å². The van der Waals surface area contributed by atoms with Gasteiger partial charge in [-0.3, -0.25) is 10.6 Å². The lowest BCUT2D eigenvalue weighted by molar-refractivity contribution is -0.525. The molecule has 1 fully saturated rings. The number of nitrogens with zero attached hydrogens (tertiary/aromatic N) is 1. The summed E-state index contributed by atoms with van der Waals surface area (Å²) in [4.78, 5) is 0. The van der Waals surface area contributed by atoms with Gasteiger partial charge in [0.2, 0.25) is 0 Å². The third kappa shape index (κ3) is 2.83. The first-order valence-electron chi connectivity index (χ1n) is 6.74. The fourth-order valence-corrected chi connectivity index (χ4v) is 2.92. The van der Waals surface area contributed by atoms with Gasteiger partial charge in [0.1, 0.15) is 12.6 Å². The fraction of sp³-hybridized carbons (Fsp3) is 0.923. The van der Waals surface area contributed by atoms with Crippen molar-refractivity contribution in [1.82, 2.24) is 10.6 Å². The minimum absolute atomic E-state index is 0.579. The molecule has 0 aromatic carbocycles. The Kier molecular flexibility index (Phi) is 3.98. The summed E-state index contributed by atoms with van der Waals surface area (Å²) in [5, 5.41) is 6.96. The molecule has 0 bridgehead atoms. The lowest BCUT2D eigenvalue weighted by Gasteiger charge is -2.14. The largest absolute Gasteiger partial charge is 0.294 e. The zero-order chi connectivity index (χ0) is 11.5. The van der Waals surface area contributed by atoms with Gasteiger partial charge in [0.15, 0.2) is 12.8 Å². The van der Waals surface area contributed by atoms with Crippen LogP contribution in [0.4, 0.5) is 0 Å². The molecule has 16 heavy (non-hydrogen) atoms. The molecule has 2 aliphatic heterocycles. The topological polar surface area (TPSA) is 27.1 Å². The van der Waals surface area contributed by atoms with E-state index in [1.54, 1.807) is 0 Å². The molecule has 2 N–H and O–H groups in total. The molecule has 0 aliphatic carbocycles. The molecule has 3 nitrogen and oxygen atoms in total. The van der Waals surface area contributed by atoms with E-state index in [0.29, 0.717) is 12.1 Å². The van der Waals surface area contributed by atoms with Crippen LogP contribution in [0.5, 0.6) is 0 Å². The van der Waals surface area contributed by atoms with Crippen molar-refractivity contribution in [1.29, 1.82) is 0 Å². The molecule has 2 heterocycles. The predicted octanol–water partition coefficient (Wildman–Crippen LogP) is 1.04. The van der Waals surface area contributed by atoms with Crippen LogP contribution in [0.1, 0.15) is 33.6 Å². The molecule has 2 aliphatic rings. The Morgan fingerprint density at radius 2 is 2.12 bits per heavy atom. The molecule has 0 radical (unpaired) electrons. The average Bonchev–Trinajstić information content (AvgIpc) is 2.77. The van der Waals surface area contributed by atoms with Crippen LogP contribution in [-0.4, -0.2) is 42.6 Å². The van der Waals surface area contributed by atoms with E-state index in [1.807, 2.05) is 0 Å². The second-order valence-corrected chi connectivity index (χ2v) is 5.67. The van der Waals surface area contributed by atoms with Gasteiger partial charge in [-0.2, -0.15) is 0 Å². The van der Waals surface area contributed by atoms with Gasteiger partial charge < -0.3 is 0 Å². The number of hydrogen-bond acceptors (Lipinski definition) is 2. The van der Waals surface area contributed by atoms with Gasteiger partial charge in [0.25, 0.3) is 0 Å². The summed E-state index contributed by atoms with van der Waals surface area (Å²) < 4.78 is 2.50. The van der Waals surface area contributed by atoms with Crippen LogP contribution in [0.15, 0.2) is 0 Å². The van der Waals surface area contributed by atoms with E-state index in [2.05, 4.69) is 42.2 Å². The molecule has 92 valence electrons. The highest BCUT2D eigenvalue weighted by Crippen LogP contribution is 2.16. The molecule has 1 saturated heterocycles. The molecule has 4 atom stereocenters. The maximum Gasteiger partial charge on any atom is 0.159 e. The maximum atomic E-state index is 3.49. The Balaban J connectivity index is 1.77. The van der Waals surface area contributed by atoms with Crippen molar-refractivity contribution in [3.8, 4) is 0 Å². The number of hydrogen-bond donors (Lipinski definition) is 2. The van der Waals surface area contributed by atoms with Crippen molar-refractivity contribution < 1.29 is 4.58 Å². The molecule has 0 saturated carbocycles. The van der Waals surface area contributed by atoms with E-state index in [0.717, 1.165) is 18.5 Å². The van der Waals surface area contributed by atoms with Crippen LogP contribution in [0.25, 0.3) is 0 Å². The third-order valence-electron chi connectivity index (χ3n) is 3.99. The first-order valence-corrected chi connectivity index (χ1v) is 6.74. The highest BCUT2D eigenvalue weighted by atomic mass is 15.3. The second kappa shape index (κ2) is 5.28. The maximum absolute atomic E-state index is 3.49. The SMILES string of the molecule is CCC(C)CC(C)C[N+]1=CC2NCNC2C1. The lowest BCUT2D eigenvalue weighted by atomic mass is 9.95. The lowest BCUT2D eigenvalue weighted by Crippen LogP contribution is -2.33. The van der Waals surface area contributed by atoms with Crippen molar-refractivity contribution in [2.75, 3.05) is 19.8 Å². The molecule has 2 rings (SSSR count). The smallest absolute Gasteiger partial charge is 0.159 e. The van der Waals surface area contributed by atoms with E-state index in [-0.39, 0.29) is 0 Å². The van der Waals surface area contributed by atoms with Crippen LogP contribution in [-0.2, 0) is 0 Å². The molecule has 0 spiro atoms. The average molecular weight is 224 g/mol. The second-order valence-electron chi connectivity index (χ2n) is 5.67. The molecule has 0 aromatic heterocycles. The standard InChI is InChI=1S/C13H26N3/c1-4-10(2)5-11(3)6-16-7-12-13(8-16)15-9-14-12/h7,10-15H,4-6,8-9H2,1-3H3/q+1. The zero-order valence-electron chi connectivity index (χ0n) is 10.9. The van der Waals surface area contributed by atoms with Gasteiger partial charge in [0, 0.05) is 12.6 Å². The Morgan fingerprint density at radius 3 is 2.81 bits per heavy atom. The van der Waals surface area contributed by atoms with Gasteiger partial charge in [-0.25, -0.2) is 4.58 Å². The minimum atomic E-state index is 0.579. The fourth-order valence-electron chi connectivity index (χ4n) is 2.92. The van der Waals surface area contributed by atoms with Crippen molar-refractivity contribution in [3.63, 3.8) is 0 Å². The van der Waals surface area contributed by atoms with Crippen LogP contribution >= 0.6 is 0 Å². The summed E-state index contributed by atoms with van der Waals surface area (Å²) in [6.45, 7) is 10.4. The Bertz CT molecular complexity index is 262. The van der Waals surface area contributed by atoms with Crippen LogP contribution < -0.4 is 10.6 Å². The van der Waals surface area contributed by atoms with Gasteiger partial charge in [-0.15, -0.1) is 0 Å². The summed E-state index contributed by atoms with van der Waals surface area (Å²) in [7, 11) is 0. The van der Waals surface area contributed by atoms with Gasteiger partial charge in [0.05, 0.1) is 6.04 Å². The third-order valence-corrected chi connectivity index (χ3v) is 3.99. The van der Waals surface area contributed by atoms with Crippen molar-refractivity contribution in [2.45, 2.75) is 45.7 Å². The molecule has 0 amide bonds. The van der Waals surface area contributed by atoms with Crippen LogP contribution in [0.3, 0.4) is 0 Å². The quantitative estimate of drug-likeness (QED) is 0.683. The monoisotopic (exact) mass is 224 g/mol. The summed E-state index contributed by atoms with van der Waals surface area (Å²) in [5.41, 5.74) is 0. The molecule has 4 unspecified atom stereocenters. The highest BCUT2D eigenvalue weighted by molar-refractivity contribution is 5.63. The Morgan fingerprint density at radius 1 is 1.31 bits per heavy atom. The minimum Gasteiger partial charge on any atom is -0.294 e. The normalized spacial score (nSPS) is 32.3. The molecular formula is C13H26N3+. The molecular weight excluding hydrogens is 198 g/mol. The number of nitrogens with one attached hydrogen (secondary N) is 2. The van der Waals surface area contributed by atoms with E-state index >= 15 is 0 Å². The van der Waals surface area contributed by atoms with Gasteiger partial charge >= 0.3 is 0 Å². The van der Waals surface area contributed by atoms with Gasteiger partial charge in [-0.1, -0.05) is 27.2 Å². The Labute approximate surface area is 99.3 Å². The van der Waals surface area contributed by atoms with Crippen molar-refractivity contribution in [3.05, 3.63) is 0 Å². The Hall–Kier alpha value is -0.410. The van der Waals surface area contributed by atoms with E-state index < -0.39 is 0 Å². The predicted molar refractivity (Wildman–Crippen MR) is 68.0 cm³/mol. The van der Waals surface area contributed by atoms with Crippen molar-refractivity contribution in [2.24, 2.45) is 11.8 Å². The van der Waals surface area contributed by atoms with Gasteiger partial charge in [-0.05, 0) is 12.3 Å². The first kappa shape index (κ1) is 12.1. The summed E-state index contributed by atoms with van der Waals surface area (Å²) in [5.74, 6) is 1.68. The summed E-state index contributed by atoms with van der Waals surface area (Å²) in [6, 6.07) is 1.23. The number of fused-ring (bicyclic) bond motifs is 1. The number of rotatable bonds is 5. The summed E-state index contributed by atoms with van der Waals surface area (Å²) >= 11 is 0. The summed E-state index contributed by atoms with van der Waals surface area (Å²) in [6.07, 6.45) is 5.05. The molecule has 0 aromatic rings.